The Morgan fingerprint density at radius 1 is 1.45 bits per heavy atom. The van der Waals surface area contributed by atoms with Gasteiger partial charge >= 0.3 is 0 Å². The summed E-state index contributed by atoms with van der Waals surface area (Å²) in [5.41, 5.74) is 8.59. The van der Waals surface area contributed by atoms with Crippen molar-refractivity contribution in [1.29, 1.82) is 5.26 Å². The van der Waals surface area contributed by atoms with E-state index < -0.39 is 0 Å². The molecule has 1 aromatic carbocycles. The lowest BCUT2D eigenvalue weighted by atomic mass is 9.82. The van der Waals surface area contributed by atoms with Crippen LogP contribution >= 0.6 is 0 Å². The molecule has 0 amide bonds. The van der Waals surface area contributed by atoms with E-state index in [1.807, 2.05) is 12.1 Å². The number of aromatic nitrogens is 2. The van der Waals surface area contributed by atoms with Crippen LogP contribution in [0.15, 0.2) is 18.2 Å². The van der Waals surface area contributed by atoms with Crippen LogP contribution in [0.4, 0.5) is 5.95 Å². The minimum absolute atomic E-state index is 0.563. The molecule has 2 N–H and O–H groups in total. The second-order valence-electron chi connectivity index (χ2n) is 6.03. The van der Waals surface area contributed by atoms with E-state index in [-0.39, 0.29) is 0 Å². The van der Waals surface area contributed by atoms with Gasteiger partial charge in [-0.25, -0.2) is 4.98 Å². The Morgan fingerprint density at radius 2 is 2.30 bits per heavy atom. The fourth-order valence-electron chi connectivity index (χ4n) is 3.39. The van der Waals surface area contributed by atoms with Crippen LogP contribution in [0.25, 0.3) is 11.0 Å². The molecule has 4 heteroatoms. The summed E-state index contributed by atoms with van der Waals surface area (Å²) in [6.07, 6.45) is 5.18. The highest BCUT2D eigenvalue weighted by atomic mass is 15.2. The molecule has 1 fully saturated rings. The molecule has 20 heavy (non-hydrogen) atoms. The van der Waals surface area contributed by atoms with Crippen LogP contribution in [-0.2, 0) is 6.54 Å². The lowest BCUT2D eigenvalue weighted by Crippen LogP contribution is -2.19. The number of imidazole rings is 1. The molecular weight excluding hydrogens is 248 g/mol. The molecule has 2 atom stereocenters. The third-order valence-electron chi connectivity index (χ3n) is 4.39. The quantitative estimate of drug-likeness (QED) is 0.908. The summed E-state index contributed by atoms with van der Waals surface area (Å²) in [5, 5.41) is 9.04. The number of fused-ring (bicyclic) bond motifs is 1. The van der Waals surface area contributed by atoms with Crippen molar-refractivity contribution in [2.75, 3.05) is 5.73 Å². The molecule has 0 saturated heterocycles. The summed E-state index contributed by atoms with van der Waals surface area (Å²) < 4.78 is 2.08. The maximum absolute atomic E-state index is 9.04. The van der Waals surface area contributed by atoms with Gasteiger partial charge in [0.1, 0.15) is 0 Å². The van der Waals surface area contributed by atoms with Crippen LogP contribution in [-0.4, -0.2) is 9.55 Å². The Bertz CT molecular complexity index is 665. The van der Waals surface area contributed by atoms with E-state index >= 15 is 0 Å². The third kappa shape index (κ3) is 2.36. The Labute approximate surface area is 119 Å². The maximum Gasteiger partial charge on any atom is 0.201 e. The van der Waals surface area contributed by atoms with Gasteiger partial charge in [0.25, 0.3) is 0 Å². The van der Waals surface area contributed by atoms with E-state index in [0.717, 1.165) is 23.5 Å². The van der Waals surface area contributed by atoms with Crippen LogP contribution in [0.5, 0.6) is 0 Å². The lowest BCUT2D eigenvalue weighted by Gasteiger charge is -2.27. The second kappa shape index (κ2) is 5.16. The number of benzene rings is 1. The van der Waals surface area contributed by atoms with Crippen molar-refractivity contribution in [3.63, 3.8) is 0 Å². The zero-order chi connectivity index (χ0) is 14.1. The molecule has 0 spiro atoms. The number of anilines is 1. The van der Waals surface area contributed by atoms with Crippen molar-refractivity contribution in [1.82, 2.24) is 9.55 Å². The highest BCUT2D eigenvalue weighted by Gasteiger charge is 2.21. The lowest BCUT2D eigenvalue weighted by molar-refractivity contribution is 0.259. The molecule has 2 unspecified atom stereocenters. The van der Waals surface area contributed by atoms with Crippen LogP contribution < -0.4 is 5.73 Å². The van der Waals surface area contributed by atoms with Crippen LogP contribution in [0.2, 0.25) is 0 Å². The van der Waals surface area contributed by atoms with Gasteiger partial charge in [-0.05, 0) is 42.9 Å². The number of hydrogen-bond donors (Lipinski definition) is 1. The van der Waals surface area contributed by atoms with Crippen LogP contribution in [0, 0.1) is 23.2 Å². The fourth-order valence-corrected chi connectivity index (χ4v) is 3.39. The Hall–Kier alpha value is -2.02. The molecule has 1 heterocycles. The van der Waals surface area contributed by atoms with Gasteiger partial charge in [-0.2, -0.15) is 5.26 Å². The summed E-state index contributed by atoms with van der Waals surface area (Å²) in [5.74, 6) is 2.04. The van der Waals surface area contributed by atoms with E-state index in [1.54, 1.807) is 6.07 Å². The summed E-state index contributed by atoms with van der Waals surface area (Å²) in [7, 11) is 0. The van der Waals surface area contributed by atoms with E-state index in [4.69, 9.17) is 11.0 Å². The smallest absolute Gasteiger partial charge is 0.201 e. The second-order valence-corrected chi connectivity index (χ2v) is 6.03. The molecule has 2 aromatic rings. The van der Waals surface area contributed by atoms with E-state index in [9.17, 15) is 0 Å². The molecule has 1 aromatic heterocycles. The number of nitrogens with two attached hydrogens (primary N) is 1. The number of hydrogen-bond acceptors (Lipinski definition) is 3. The Balaban J connectivity index is 1.94. The summed E-state index contributed by atoms with van der Waals surface area (Å²) >= 11 is 0. The molecule has 0 bridgehead atoms. The highest BCUT2D eigenvalue weighted by Crippen LogP contribution is 2.31. The normalized spacial score (nSPS) is 22.8. The van der Waals surface area contributed by atoms with E-state index in [0.29, 0.717) is 17.4 Å². The van der Waals surface area contributed by atoms with Crippen molar-refractivity contribution in [2.24, 2.45) is 11.8 Å². The van der Waals surface area contributed by atoms with Gasteiger partial charge in [0.15, 0.2) is 0 Å². The van der Waals surface area contributed by atoms with Gasteiger partial charge in [-0.15, -0.1) is 0 Å². The highest BCUT2D eigenvalue weighted by molar-refractivity contribution is 5.79. The van der Waals surface area contributed by atoms with Gasteiger partial charge in [-0.3, -0.25) is 0 Å². The van der Waals surface area contributed by atoms with Crippen molar-refractivity contribution in [3.05, 3.63) is 23.8 Å². The standard InChI is InChI=1S/C16H20N4/c1-11-3-2-4-13(7-11)10-20-15-8-12(9-17)5-6-14(15)19-16(20)18/h5-6,8,11,13H,2-4,7,10H2,1H3,(H2,18,19). The largest absolute Gasteiger partial charge is 0.369 e. The summed E-state index contributed by atoms with van der Waals surface area (Å²) in [4.78, 5) is 4.40. The average Bonchev–Trinajstić information content (AvgIpc) is 2.74. The van der Waals surface area contributed by atoms with Gasteiger partial charge < -0.3 is 10.3 Å². The topological polar surface area (TPSA) is 67.6 Å². The Kier molecular flexibility index (Phi) is 3.35. The number of nitrogens with zero attached hydrogens (tertiary/aromatic N) is 3. The van der Waals surface area contributed by atoms with E-state index in [2.05, 4.69) is 22.5 Å². The maximum atomic E-state index is 9.04. The summed E-state index contributed by atoms with van der Waals surface area (Å²) in [6.45, 7) is 3.25. The molecule has 0 aliphatic heterocycles. The Morgan fingerprint density at radius 3 is 3.05 bits per heavy atom. The number of nitriles is 1. The average molecular weight is 268 g/mol. The fraction of sp³-hybridized carbons (Fsp3) is 0.500. The van der Waals surface area contributed by atoms with Crippen LogP contribution in [0.1, 0.15) is 38.2 Å². The van der Waals surface area contributed by atoms with Crippen molar-refractivity contribution in [2.45, 2.75) is 39.2 Å². The van der Waals surface area contributed by atoms with Crippen molar-refractivity contribution < 1.29 is 0 Å². The zero-order valence-corrected chi connectivity index (χ0v) is 11.8. The van der Waals surface area contributed by atoms with Crippen molar-refractivity contribution >= 4 is 17.0 Å². The summed E-state index contributed by atoms with van der Waals surface area (Å²) in [6, 6.07) is 7.75. The number of rotatable bonds is 2. The van der Waals surface area contributed by atoms with Crippen LogP contribution in [0.3, 0.4) is 0 Å². The molecule has 1 saturated carbocycles. The number of nitrogen functional groups attached to an aromatic ring is 1. The van der Waals surface area contributed by atoms with Gasteiger partial charge in [0.05, 0.1) is 22.7 Å². The predicted octanol–water partition coefficient (Wildman–Crippen LogP) is 3.32. The predicted molar refractivity (Wildman–Crippen MR) is 80.0 cm³/mol. The molecule has 1 aliphatic rings. The molecule has 0 radical (unpaired) electrons. The molecule has 104 valence electrons. The first-order valence-corrected chi connectivity index (χ1v) is 7.33. The van der Waals surface area contributed by atoms with Crippen molar-refractivity contribution in [3.8, 4) is 6.07 Å². The minimum Gasteiger partial charge on any atom is -0.369 e. The third-order valence-corrected chi connectivity index (χ3v) is 4.39. The SMILES string of the molecule is CC1CCCC(Cn2c(N)nc3ccc(C#N)cc32)C1. The van der Waals surface area contributed by atoms with Gasteiger partial charge in [0.2, 0.25) is 5.95 Å². The molecule has 1 aliphatic carbocycles. The van der Waals surface area contributed by atoms with E-state index in [1.165, 1.54) is 25.7 Å². The molecule has 3 rings (SSSR count). The zero-order valence-electron chi connectivity index (χ0n) is 11.8. The first kappa shape index (κ1) is 13.0. The molecule has 4 nitrogen and oxygen atoms in total. The van der Waals surface area contributed by atoms with Gasteiger partial charge in [0, 0.05) is 6.54 Å². The monoisotopic (exact) mass is 268 g/mol. The first-order valence-electron chi connectivity index (χ1n) is 7.33. The first-order chi connectivity index (χ1) is 9.67. The van der Waals surface area contributed by atoms with Gasteiger partial charge in [-0.1, -0.05) is 19.8 Å². The molecular formula is C16H20N4. The minimum atomic E-state index is 0.563.